The maximum absolute atomic E-state index is 11.6. The summed E-state index contributed by atoms with van der Waals surface area (Å²) in [6, 6.07) is 7.35. The topological polar surface area (TPSA) is 103 Å². The molecule has 0 atom stereocenters. The molecule has 1 aromatic heterocycles. The highest BCUT2D eigenvalue weighted by Crippen LogP contribution is 2.23. The van der Waals surface area contributed by atoms with Gasteiger partial charge in [-0.15, -0.1) is 0 Å². The van der Waals surface area contributed by atoms with Crippen LogP contribution in [-0.4, -0.2) is 28.7 Å². The number of nitriles is 1. The van der Waals surface area contributed by atoms with Crippen LogP contribution in [0.5, 0.6) is 0 Å². The normalized spacial score (nSPS) is 10.2. The first-order valence-corrected chi connectivity index (χ1v) is 5.94. The van der Waals surface area contributed by atoms with Crippen molar-refractivity contribution in [1.82, 2.24) is 9.88 Å². The molecule has 101 valence electrons. The van der Waals surface area contributed by atoms with Crippen molar-refractivity contribution in [2.45, 2.75) is 6.42 Å². The second-order valence-corrected chi connectivity index (χ2v) is 4.29. The van der Waals surface area contributed by atoms with E-state index < -0.39 is 11.8 Å². The van der Waals surface area contributed by atoms with Gasteiger partial charge in [0, 0.05) is 18.0 Å². The van der Waals surface area contributed by atoms with E-state index in [1.807, 2.05) is 24.3 Å². The summed E-state index contributed by atoms with van der Waals surface area (Å²) in [5.41, 5.74) is 7.07. The molecular formula is C14H13N4O2. The van der Waals surface area contributed by atoms with Crippen LogP contribution in [0.2, 0.25) is 0 Å². The summed E-state index contributed by atoms with van der Waals surface area (Å²) >= 11 is 0. The van der Waals surface area contributed by atoms with E-state index in [0.29, 0.717) is 5.56 Å². The Kier molecular flexibility index (Phi) is 3.71. The second kappa shape index (κ2) is 5.45. The molecule has 2 amide bonds. The molecule has 0 spiro atoms. The van der Waals surface area contributed by atoms with Crippen LogP contribution in [0.1, 0.15) is 16.1 Å². The molecule has 6 nitrogen and oxygen atoms in total. The molecule has 1 radical (unpaired) electrons. The van der Waals surface area contributed by atoms with E-state index in [9.17, 15) is 9.59 Å². The van der Waals surface area contributed by atoms with Crippen LogP contribution in [-0.2, 0) is 11.2 Å². The number of rotatable bonds is 4. The Morgan fingerprint density at radius 2 is 2.15 bits per heavy atom. The molecule has 2 rings (SSSR count). The van der Waals surface area contributed by atoms with Crippen LogP contribution in [0.4, 0.5) is 0 Å². The molecule has 1 heterocycles. The van der Waals surface area contributed by atoms with Gasteiger partial charge in [-0.05, 0) is 18.1 Å². The first kappa shape index (κ1) is 13.6. The summed E-state index contributed by atoms with van der Waals surface area (Å²) in [5, 5.41) is 9.47. The van der Waals surface area contributed by atoms with Gasteiger partial charge in [-0.25, -0.2) is 0 Å². The van der Waals surface area contributed by atoms with Crippen molar-refractivity contribution in [1.29, 1.82) is 5.26 Å². The van der Waals surface area contributed by atoms with Gasteiger partial charge in [-0.2, -0.15) is 5.26 Å². The number of benzene rings is 1. The van der Waals surface area contributed by atoms with Gasteiger partial charge in [0.05, 0.1) is 6.42 Å². The molecule has 0 unspecified atom stereocenters. The number of nitrogens with zero attached hydrogens (tertiary/aromatic N) is 2. The van der Waals surface area contributed by atoms with Crippen LogP contribution in [0.25, 0.3) is 10.9 Å². The molecule has 0 bridgehead atoms. The fourth-order valence-corrected chi connectivity index (χ4v) is 2.00. The second-order valence-electron chi connectivity index (χ2n) is 4.29. The molecule has 0 fully saturated rings. The maximum atomic E-state index is 11.6. The minimum atomic E-state index is -0.578. The fraction of sp³-hybridized carbons (Fsp3) is 0.143. The maximum Gasteiger partial charge on any atom is 0.265 e. The molecule has 3 N–H and O–H groups in total. The fourth-order valence-electron chi connectivity index (χ4n) is 2.00. The number of primary amides is 1. The molecule has 0 aliphatic carbocycles. The Labute approximate surface area is 115 Å². The lowest BCUT2D eigenvalue weighted by Crippen LogP contribution is -2.22. The number of aromatic amines is 1. The third-order valence-electron chi connectivity index (χ3n) is 3.02. The Balaban J connectivity index is 2.33. The molecule has 2 aromatic rings. The van der Waals surface area contributed by atoms with Crippen molar-refractivity contribution in [2.75, 3.05) is 7.05 Å². The number of hydrogen-bond acceptors (Lipinski definition) is 3. The van der Waals surface area contributed by atoms with Gasteiger partial charge in [-0.1, -0.05) is 18.2 Å². The number of hydrogen-bond donors (Lipinski definition) is 2. The van der Waals surface area contributed by atoms with Crippen LogP contribution in [0.3, 0.4) is 0 Å². The van der Waals surface area contributed by atoms with Gasteiger partial charge in [0.2, 0.25) is 5.91 Å². The largest absolute Gasteiger partial charge is 0.364 e. The predicted octanol–water partition coefficient (Wildman–Crippen LogP) is 0.953. The highest BCUT2D eigenvalue weighted by Gasteiger charge is 2.17. The van der Waals surface area contributed by atoms with E-state index in [2.05, 4.69) is 4.98 Å². The number of nitrogens with two attached hydrogens (primary N) is 1. The average molecular weight is 269 g/mol. The van der Waals surface area contributed by atoms with Crippen molar-refractivity contribution in [2.24, 2.45) is 5.73 Å². The summed E-state index contributed by atoms with van der Waals surface area (Å²) in [5.74, 6) is -1.00. The van der Waals surface area contributed by atoms with Gasteiger partial charge >= 0.3 is 0 Å². The number of nitrogens with one attached hydrogen (secondary N) is 1. The molecule has 20 heavy (non-hydrogen) atoms. The summed E-state index contributed by atoms with van der Waals surface area (Å²) < 4.78 is 0. The Hall–Kier alpha value is -2.81. The number of fused-ring (bicyclic) bond motifs is 1. The van der Waals surface area contributed by atoms with E-state index >= 15 is 0 Å². The van der Waals surface area contributed by atoms with E-state index in [1.165, 1.54) is 13.5 Å². The lowest BCUT2D eigenvalue weighted by molar-refractivity contribution is -0.123. The van der Waals surface area contributed by atoms with Crippen LogP contribution in [0.15, 0.2) is 24.3 Å². The quantitative estimate of drug-likeness (QED) is 0.638. The monoisotopic (exact) mass is 269 g/mol. The van der Waals surface area contributed by atoms with E-state index in [-0.39, 0.29) is 12.1 Å². The first-order chi connectivity index (χ1) is 9.54. The van der Waals surface area contributed by atoms with Gasteiger partial charge in [0.15, 0.2) is 6.19 Å². The number of carbonyl (C=O) groups is 2. The first-order valence-electron chi connectivity index (χ1n) is 5.94. The Morgan fingerprint density at radius 3 is 2.80 bits per heavy atom. The smallest absolute Gasteiger partial charge is 0.265 e. The lowest BCUT2D eigenvalue weighted by Gasteiger charge is -2.06. The zero-order valence-electron chi connectivity index (χ0n) is 10.9. The van der Waals surface area contributed by atoms with Crippen LogP contribution in [0, 0.1) is 17.9 Å². The van der Waals surface area contributed by atoms with E-state index in [0.717, 1.165) is 15.8 Å². The van der Waals surface area contributed by atoms with Crippen LogP contribution >= 0.6 is 0 Å². The molecule has 0 saturated heterocycles. The number of amides is 2. The Morgan fingerprint density at radius 1 is 1.45 bits per heavy atom. The summed E-state index contributed by atoms with van der Waals surface area (Å²) in [6.07, 6.45) is 3.30. The molecular weight excluding hydrogens is 256 g/mol. The lowest BCUT2D eigenvalue weighted by atomic mass is 10.0. The summed E-state index contributed by atoms with van der Waals surface area (Å²) in [7, 11) is 1.38. The molecule has 6 heteroatoms. The zero-order chi connectivity index (χ0) is 14.7. The number of aromatic nitrogens is 1. The SMILES string of the molecule is CN(C#N)C(=O)[CH]Cc1c(C(N)=O)[nH]c2ccccc12. The minimum Gasteiger partial charge on any atom is -0.364 e. The van der Waals surface area contributed by atoms with Crippen molar-refractivity contribution < 1.29 is 9.59 Å². The molecule has 1 aromatic carbocycles. The van der Waals surface area contributed by atoms with Crippen molar-refractivity contribution in [3.63, 3.8) is 0 Å². The Bertz CT molecular complexity index is 712. The highest BCUT2D eigenvalue weighted by molar-refractivity contribution is 6.01. The third kappa shape index (κ3) is 2.47. The number of H-pyrrole nitrogens is 1. The van der Waals surface area contributed by atoms with Crippen LogP contribution < -0.4 is 5.73 Å². The summed E-state index contributed by atoms with van der Waals surface area (Å²) in [6.45, 7) is 0. The average Bonchev–Trinajstić information content (AvgIpc) is 2.82. The zero-order valence-corrected chi connectivity index (χ0v) is 10.9. The van der Waals surface area contributed by atoms with Crippen molar-refractivity contribution >= 4 is 22.7 Å². The van der Waals surface area contributed by atoms with E-state index in [4.69, 9.17) is 11.0 Å². The van der Waals surface area contributed by atoms with Gasteiger partial charge in [-0.3, -0.25) is 14.5 Å². The number of carbonyl (C=O) groups excluding carboxylic acids is 2. The van der Waals surface area contributed by atoms with Crippen molar-refractivity contribution in [3.8, 4) is 6.19 Å². The molecule has 0 saturated carbocycles. The number of para-hydroxylation sites is 1. The summed E-state index contributed by atoms with van der Waals surface area (Å²) in [4.78, 5) is 26.9. The predicted molar refractivity (Wildman–Crippen MR) is 73.2 cm³/mol. The third-order valence-corrected chi connectivity index (χ3v) is 3.02. The molecule has 0 aliphatic heterocycles. The standard InChI is InChI=1S/C14H13N4O2/c1-18(8-15)12(19)7-6-10-9-4-2-3-5-11(9)17-13(10)14(16)20/h2-5,7,17H,6H2,1H3,(H2,16,20). The van der Waals surface area contributed by atoms with Crippen molar-refractivity contribution in [3.05, 3.63) is 41.9 Å². The minimum absolute atomic E-state index is 0.229. The van der Waals surface area contributed by atoms with E-state index in [1.54, 1.807) is 6.19 Å². The van der Waals surface area contributed by atoms with Gasteiger partial charge in [0.1, 0.15) is 5.69 Å². The van der Waals surface area contributed by atoms with Gasteiger partial charge < -0.3 is 10.7 Å². The highest BCUT2D eigenvalue weighted by atomic mass is 16.2. The van der Waals surface area contributed by atoms with Gasteiger partial charge in [0.25, 0.3) is 5.91 Å². The molecule has 0 aliphatic rings.